The maximum absolute atomic E-state index is 11.8. The number of hydrogen-bond donors (Lipinski definition) is 2. The smallest absolute Gasteiger partial charge is 0.229 e. The van der Waals surface area contributed by atoms with Crippen LogP contribution in [0.5, 0.6) is 0 Å². The first-order chi connectivity index (χ1) is 9.34. The molecule has 2 rings (SSSR count). The minimum absolute atomic E-state index is 0.0287. The van der Waals surface area contributed by atoms with E-state index in [1.54, 1.807) is 12.1 Å². The van der Waals surface area contributed by atoms with E-state index < -0.39 is 15.9 Å². The van der Waals surface area contributed by atoms with Crippen LogP contribution in [0.4, 0.5) is 5.95 Å². The summed E-state index contributed by atoms with van der Waals surface area (Å²) in [5.74, 6) is -0.994. The van der Waals surface area contributed by atoms with Gasteiger partial charge in [-0.1, -0.05) is 0 Å². The third kappa shape index (κ3) is 2.77. The molecular formula is C10H10N6O3S. The van der Waals surface area contributed by atoms with E-state index >= 15 is 0 Å². The Morgan fingerprint density at radius 2 is 2.15 bits per heavy atom. The van der Waals surface area contributed by atoms with Crippen LogP contribution in [0.2, 0.25) is 0 Å². The Hall–Kier alpha value is -2.43. The van der Waals surface area contributed by atoms with Gasteiger partial charge in [-0.15, -0.1) is 0 Å². The van der Waals surface area contributed by atoms with Crippen molar-refractivity contribution < 1.29 is 13.2 Å². The van der Waals surface area contributed by atoms with Gasteiger partial charge in [0.2, 0.25) is 21.9 Å². The number of aromatic nitrogens is 2. The third-order valence-electron chi connectivity index (χ3n) is 2.84. The summed E-state index contributed by atoms with van der Waals surface area (Å²) >= 11 is 0. The molecule has 1 aliphatic heterocycles. The fourth-order valence-electron chi connectivity index (χ4n) is 2.08. The van der Waals surface area contributed by atoms with E-state index in [9.17, 15) is 13.2 Å². The lowest BCUT2D eigenvalue weighted by molar-refractivity contribution is -0.117. The number of rotatable bonds is 3. The number of nitrogens with two attached hydrogens (primary N) is 1. The maximum atomic E-state index is 11.8. The summed E-state index contributed by atoms with van der Waals surface area (Å²) in [7, 11) is -3.66. The fraction of sp³-hybridized carbons (Fsp3) is 0.400. The minimum Gasteiger partial charge on any atom is -0.314 e. The molecule has 1 saturated heterocycles. The summed E-state index contributed by atoms with van der Waals surface area (Å²) in [6.45, 7) is 0.124. The van der Waals surface area contributed by atoms with Gasteiger partial charge in [0.15, 0.2) is 11.4 Å². The molecule has 104 valence electrons. The molecule has 0 aromatic carbocycles. The van der Waals surface area contributed by atoms with Crippen molar-refractivity contribution in [3.8, 4) is 12.1 Å². The summed E-state index contributed by atoms with van der Waals surface area (Å²) in [5.41, 5.74) is -0.143. The van der Waals surface area contributed by atoms with Crippen molar-refractivity contribution in [3.63, 3.8) is 0 Å². The van der Waals surface area contributed by atoms with Crippen molar-refractivity contribution in [1.82, 2.24) is 9.97 Å². The second-order valence-corrected chi connectivity index (χ2v) is 6.07. The average molecular weight is 294 g/mol. The molecular weight excluding hydrogens is 284 g/mol. The molecule has 3 N–H and O–H groups in total. The lowest BCUT2D eigenvalue weighted by Crippen LogP contribution is -2.28. The molecule has 1 aliphatic rings. The largest absolute Gasteiger partial charge is 0.314 e. The Bertz CT molecular complexity index is 707. The molecule has 20 heavy (non-hydrogen) atoms. The highest BCUT2D eigenvalue weighted by Crippen LogP contribution is 2.24. The number of hydrogen-bond acceptors (Lipinski definition) is 6. The van der Waals surface area contributed by atoms with Crippen LogP contribution in [0.15, 0.2) is 0 Å². The summed E-state index contributed by atoms with van der Waals surface area (Å²) in [5, 5.41) is 22.5. The van der Waals surface area contributed by atoms with Crippen LogP contribution < -0.4 is 10.0 Å². The number of carbonyl (C=O) groups excluding carboxylic acids is 1. The first-order valence-electron chi connectivity index (χ1n) is 5.55. The Labute approximate surface area is 114 Å². The van der Waals surface area contributed by atoms with Gasteiger partial charge in [-0.05, 0) is 0 Å². The summed E-state index contributed by atoms with van der Waals surface area (Å²) in [6.07, 6.45) is 0.0287. The van der Waals surface area contributed by atoms with Crippen molar-refractivity contribution in [2.24, 2.45) is 11.1 Å². The Balaban J connectivity index is 2.23. The van der Waals surface area contributed by atoms with E-state index in [0.29, 0.717) is 0 Å². The molecule has 1 amide bonds. The van der Waals surface area contributed by atoms with Crippen LogP contribution in [-0.2, 0) is 14.8 Å². The molecule has 2 heterocycles. The van der Waals surface area contributed by atoms with Gasteiger partial charge in [0.1, 0.15) is 12.1 Å². The van der Waals surface area contributed by atoms with Gasteiger partial charge >= 0.3 is 0 Å². The summed E-state index contributed by atoms with van der Waals surface area (Å²) in [4.78, 5) is 19.5. The number of H-pyrrole nitrogens is 1. The second kappa shape index (κ2) is 4.92. The van der Waals surface area contributed by atoms with Crippen molar-refractivity contribution >= 4 is 21.9 Å². The second-order valence-electron chi connectivity index (χ2n) is 4.41. The van der Waals surface area contributed by atoms with Gasteiger partial charge in [0.25, 0.3) is 0 Å². The van der Waals surface area contributed by atoms with Crippen LogP contribution in [0, 0.1) is 28.6 Å². The molecule has 0 saturated carbocycles. The molecule has 0 bridgehead atoms. The molecule has 0 aliphatic carbocycles. The number of nitrogens with one attached hydrogen (secondary N) is 1. The zero-order chi connectivity index (χ0) is 14.9. The Morgan fingerprint density at radius 3 is 2.65 bits per heavy atom. The van der Waals surface area contributed by atoms with Crippen LogP contribution in [0.3, 0.4) is 0 Å². The predicted molar refractivity (Wildman–Crippen MR) is 66.5 cm³/mol. The number of aromatic amines is 1. The monoisotopic (exact) mass is 294 g/mol. The normalized spacial score (nSPS) is 18.9. The van der Waals surface area contributed by atoms with Crippen molar-refractivity contribution in [2.75, 3.05) is 17.2 Å². The van der Waals surface area contributed by atoms with Gasteiger partial charge < -0.3 is 4.98 Å². The average Bonchev–Trinajstić information content (AvgIpc) is 2.90. The molecule has 9 nitrogen and oxygen atoms in total. The lowest BCUT2D eigenvalue weighted by Gasteiger charge is -2.12. The number of nitriles is 2. The van der Waals surface area contributed by atoms with Gasteiger partial charge in [0.05, 0.1) is 5.75 Å². The van der Waals surface area contributed by atoms with Crippen molar-refractivity contribution in [3.05, 3.63) is 11.4 Å². The Morgan fingerprint density at radius 1 is 1.45 bits per heavy atom. The molecule has 0 radical (unpaired) electrons. The highest BCUT2D eigenvalue weighted by molar-refractivity contribution is 7.89. The van der Waals surface area contributed by atoms with Crippen molar-refractivity contribution in [1.29, 1.82) is 10.5 Å². The van der Waals surface area contributed by atoms with Crippen LogP contribution in [0.25, 0.3) is 0 Å². The summed E-state index contributed by atoms with van der Waals surface area (Å²) < 4.78 is 22.1. The number of amides is 1. The van der Waals surface area contributed by atoms with Crippen molar-refractivity contribution in [2.45, 2.75) is 6.42 Å². The van der Waals surface area contributed by atoms with E-state index in [2.05, 4.69) is 9.97 Å². The lowest BCUT2D eigenvalue weighted by atomic mass is 10.1. The van der Waals surface area contributed by atoms with E-state index in [4.69, 9.17) is 15.7 Å². The van der Waals surface area contributed by atoms with Gasteiger partial charge in [0, 0.05) is 18.9 Å². The minimum atomic E-state index is -3.66. The molecule has 1 aromatic heterocycles. The SMILES string of the molecule is N#Cc1nc(N2CC(CS(N)(=O)=O)CC2=O)[nH]c1C#N. The van der Waals surface area contributed by atoms with Crippen LogP contribution >= 0.6 is 0 Å². The number of anilines is 1. The number of primary sulfonamides is 1. The zero-order valence-corrected chi connectivity index (χ0v) is 11.0. The predicted octanol–water partition coefficient (Wildman–Crippen LogP) is -1.21. The highest BCUT2D eigenvalue weighted by Gasteiger charge is 2.34. The van der Waals surface area contributed by atoms with E-state index in [1.807, 2.05) is 0 Å². The fourth-order valence-corrected chi connectivity index (χ4v) is 2.96. The highest BCUT2D eigenvalue weighted by atomic mass is 32.2. The number of nitrogens with zero attached hydrogens (tertiary/aromatic N) is 4. The standard InChI is InChI=1S/C10H10N6O3S/c11-2-7-8(3-12)15-10(14-7)16-4-6(1-9(16)17)5-20(13,18)19/h6H,1,4-5H2,(H,14,15)(H2,13,18,19). The van der Waals surface area contributed by atoms with E-state index in [1.165, 1.54) is 4.90 Å². The van der Waals surface area contributed by atoms with Crippen LogP contribution in [-0.4, -0.2) is 36.6 Å². The van der Waals surface area contributed by atoms with E-state index in [-0.39, 0.29) is 42.0 Å². The molecule has 1 fully saturated rings. The van der Waals surface area contributed by atoms with Gasteiger partial charge in [-0.3, -0.25) is 9.69 Å². The molecule has 1 unspecified atom stereocenters. The number of sulfonamides is 1. The van der Waals surface area contributed by atoms with Crippen LogP contribution in [0.1, 0.15) is 17.8 Å². The van der Waals surface area contributed by atoms with Gasteiger partial charge in [-0.2, -0.15) is 10.5 Å². The maximum Gasteiger partial charge on any atom is 0.229 e. The van der Waals surface area contributed by atoms with E-state index in [0.717, 1.165) is 0 Å². The Kier molecular flexibility index (Phi) is 3.44. The number of imidazole rings is 1. The topological polar surface area (TPSA) is 157 Å². The molecule has 1 atom stereocenters. The molecule has 1 aromatic rings. The summed E-state index contributed by atoms with van der Waals surface area (Å²) in [6, 6.07) is 3.50. The molecule has 10 heteroatoms. The zero-order valence-electron chi connectivity index (χ0n) is 10.2. The van der Waals surface area contributed by atoms with Gasteiger partial charge in [-0.25, -0.2) is 18.5 Å². The first-order valence-corrected chi connectivity index (χ1v) is 7.26. The molecule has 0 spiro atoms. The number of carbonyl (C=O) groups is 1. The quantitative estimate of drug-likeness (QED) is 0.712. The third-order valence-corrected chi connectivity index (χ3v) is 3.77. The first kappa shape index (κ1) is 14.0.